The number of aromatic nitrogens is 4. The van der Waals surface area contributed by atoms with Crippen molar-refractivity contribution in [1.29, 1.82) is 0 Å². The fourth-order valence-corrected chi connectivity index (χ4v) is 4.26. The summed E-state index contributed by atoms with van der Waals surface area (Å²) in [7, 11) is 0. The van der Waals surface area contributed by atoms with E-state index in [4.69, 9.17) is 5.11 Å². The zero-order valence-electron chi connectivity index (χ0n) is 15.7. The maximum atomic E-state index is 9.05. The number of hydrogen-bond acceptors (Lipinski definition) is 10. The highest BCUT2D eigenvalue weighted by molar-refractivity contribution is 7.09. The van der Waals surface area contributed by atoms with Crippen molar-refractivity contribution in [1.82, 2.24) is 24.5 Å². The highest BCUT2D eigenvalue weighted by atomic mass is 32.1. The highest BCUT2D eigenvalue weighted by Crippen LogP contribution is 2.21. The van der Waals surface area contributed by atoms with E-state index in [0.29, 0.717) is 0 Å². The third-order valence-corrected chi connectivity index (χ3v) is 6.01. The van der Waals surface area contributed by atoms with Crippen molar-refractivity contribution in [2.45, 2.75) is 6.92 Å². The smallest absolute Gasteiger partial charge is 0.205 e. The van der Waals surface area contributed by atoms with E-state index in [0.717, 1.165) is 81.5 Å². The number of hydrogen-bond donors (Lipinski definition) is 1. The Kier molecular flexibility index (Phi) is 5.65. The van der Waals surface area contributed by atoms with Gasteiger partial charge in [0.1, 0.15) is 5.82 Å². The van der Waals surface area contributed by atoms with Crippen molar-refractivity contribution in [2.24, 2.45) is 0 Å². The van der Waals surface area contributed by atoms with Crippen molar-refractivity contribution in [3.63, 3.8) is 0 Å². The summed E-state index contributed by atoms with van der Waals surface area (Å²) >= 11 is 1.47. The van der Waals surface area contributed by atoms with Gasteiger partial charge < -0.3 is 19.8 Å². The monoisotopic (exact) mass is 390 g/mol. The van der Waals surface area contributed by atoms with Crippen LogP contribution in [-0.4, -0.2) is 95.1 Å². The van der Waals surface area contributed by atoms with Crippen LogP contribution in [0.5, 0.6) is 0 Å². The summed E-state index contributed by atoms with van der Waals surface area (Å²) in [6, 6.07) is 4.15. The zero-order valence-corrected chi connectivity index (χ0v) is 16.5. The quantitative estimate of drug-likeness (QED) is 0.763. The molecule has 0 amide bonds. The predicted molar refractivity (Wildman–Crippen MR) is 107 cm³/mol. The first-order chi connectivity index (χ1) is 13.2. The van der Waals surface area contributed by atoms with Gasteiger partial charge in [-0.2, -0.15) is 4.37 Å². The Morgan fingerprint density at radius 2 is 1.44 bits per heavy atom. The van der Waals surface area contributed by atoms with Gasteiger partial charge in [0.05, 0.1) is 6.61 Å². The second kappa shape index (κ2) is 8.32. The molecule has 2 saturated heterocycles. The van der Waals surface area contributed by atoms with Crippen molar-refractivity contribution in [2.75, 3.05) is 80.2 Å². The van der Waals surface area contributed by atoms with E-state index < -0.39 is 0 Å². The Bertz CT molecular complexity index is 723. The first-order valence-electron chi connectivity index (χ1n) is 9.45. The summed E-state index contributed by atoms with van der Waals surface area (Å²) in [5, 5.41) is 19.0. The summed E-state index contributed by atoms with van der Waals surface area (Å²) in [6.45, 7) is 10.3. The molecule has 0 spiro atoms. The van der Waals surface area contributed by atoms with Crippen molar-refractivity contribution >= 4 is 28.3 Å². The lowest BCUT2D eigenvalue weighted by atomic mass is 10.3. The molecule has 0 saturated carbocycles. The number of β-amino-alcohol motifs (C(OH)–C–C–N with tert-alkyl or cyclic N) is 1. The molecule has 2 fully saturated rings. The van der Waals surface area contributed by atoms with E-state index in [1.807, 2.05) is 6.92 Å². The van der Waals surface area contributed by atoms with Crippen molar-refractivity contribution in [3.8, 4) is 0 Å². The molecule has 9 nitrogen and oxygen atoms in total. The van der Waals surface area contributed by atoms with E-state index in [2.05, 4.69) is 51.3 Å². The van der Waals surface area contributed by atoms with E-state index in [9.17, 15) is 0 Å². The molecule has 4 heterocycles. The van der Waals surface area contributed by atoms with Gasteiger partial charge in [-0.1, -0.05) is 0 Å². The second-order valence-electron chi connectivity index (χ2n) is 6.90. The fraction of sp³-hybridized carbons (Fsp3) is 0.647. The number of aryl methyl sites for hydroxylation is 1. The van der Waals surface area contributed by atoms with Crippen LogP contribution < -0.4 is 14.7 Å². The fourth-order valence-electron chi connectivity index (χ4n) is 3.54. The number of anilines is 3. The SMILES string of the molecule is Cc1nsc(N2CCN(c3ccc(N4CCN(CCO)CC4)nn3)CC2)n1. The molecule has 146 valence electrons. The minimum Gasteiger partial charge on any atom is -0.395 e. The third kappa shape index (κ3) is 4.28. The van der Waals surface area contributed by atoms with Crippen LogP contribution in [0.25, 0.3) is 0 Å². The molecule has 0 bridgehead atoms. The summed E-state index contributed by atoms with van der Waals surface area (Å²) in [5.74, 6) is 2.72. The Labute approximate surface area is 163 Å². The highest BCUT2D eigenvalue weighted by Gasteiger charge is 2.22. The van der Waals surface area contributed by atoms with Gasteiger partial charge >= 0.3 is 0 Å². The molecule has 0 aliphatic carbocycles. The van der Waals surface area contributed by atoms with Crippen LogP contribution in [0.3, 0.4) is 0 Å². The lowest BCUT2D eigenvalue weighted by molar-refractivity contribution is 0.188. The lowest BCUT2D eigenvalue weighted by Crippen LogP contribution is -2.48. The van der Waals surface area contributed by atoms with E-state index >= 15 is 0 Å². The van der Waals surface area contributed by atoms with Gasteiger partial charge in [-0.15, -0.1) is 10.2 Å². The molecule has 2 aromatic heterocycles. The van der Waals surface area contributed by atoms with Crippen LogP contribution in [-0.2, 0) is 0 Å². The Hall–Kier alpha value is -2.04. The maximum Gasteiger partial charge on any atom is 0.205 e. The number of nitrogens with zero attached hydrogens (tertiary/aromatic N) is 8. The second-order valence-corrected chi connectivity index (χ2v) is 7.63. The Balaban J connectivity index is 1.31. The van der Waals surface area contributed by atoms with Crippen LogP contribution in [0.4, 0.5) is 16.8 Å². The molecule has 0 unspecified atom stereocenters. The van der Waals surface area contributed by atoms with Gasteiger partial charge in [0.15, 0.2) is 11.6 Å². The molecule has 2 aliphatic rings. The topological polar surface area (TPSA) is 84.8 Å². The van der Waals surface area contributed by atoms with Crippen LogP contribution in [0, 0.1) is 6.92 Å². The largest absolute Gasteiger partial charge is 0.395 e. The molecular weight excluding hydrogens is 364 g/mol. The minimum absolute atomic E-state index is 0.223. The summed E-state index contributed by atoms with van der Waals surface area (Å²) in [5.41, 5.74) is 0. The third-order valence-electron chi connectivity index (χ3n) is 5.14. The van der Waals surface area contributed by atoms with E-state index in [1.54, 1.807) is 0 Å². The molecule has 0 radical (unpaired) electrons. The van der Waals surface area contributed by atoms with E-state index in [-0.39, 0.29) is 6.61 Å². The van der Waals surface area contributed by atoms with Gasteiger partial charge in [0, 0.05) is 70.4 Å². The molecule has 2 aliphatic heterocycles. The molecule has 2 aromatic rings. The summed E-state index contributed by atoms with van der Waals surface area (Å²) in [4.78, 5) is 13.6. The average molecular weight is 391 g/mol. The maximum absolute atomic E-state index is 9.05. The van der Waals surface area contributed by atoms with Crippen LogP contribution in [0.15, 0.2) is 12.1 Å². The number of aliphatic hydroxyl groups is 1. The normalized spacial score (nSPS) is 19.0. The molecule has 0 atom stereocenters. The number of aliphatic hydroxyl groups excluding tert-OH is 1. The van der Waals surface area contributed by atoms with Crippen LogP contribution >= 0.6 is 11.5 Å². The zero-order chi connectivity index (χ0) is 18.6. The van der Waals surface area contributed by atoms with Crippen molar-refractivity contribution < 1.29 is 5.11 Å². The van der Waals surface area contributed by atoms with Gasteiger partial charge in [-0.25, -0.2) is 4.98 Å². The average Bonchev–Trinajstić information content (AvgIpc) is 3.16. The molecule has 27 heavy (non-hydrogen) atoms. The summed E-state index contributed by atoms with van der Waals surface area (Å²) in [6.07, 6.45) is 0. The number of rotatable bonds is 5. The summed E-state index contributed by atoms with van der Waals surface area (Å²) < 4.78 is 4.27. The molecule has 1 N–H and O–H groups in total. The van der Waals surface area contributed by atoms with Crippen LogP contribution in [0.1, 0.15) is 5.82 Å². The van der Waals surface area contributed by atoms with Gasteiger partial charge in [-0.05, 0) is 19.1 Å². The minimum atomic E-state index is 0.223. The molecule has 10 heteroatoms. The van der Waals surface area contributed by atoms with Crippen LogP contribution in [0.2, 0.25) is 0 Å². The van der Waals surface area contributed by atoms with Crippen molar-refractivity contribution in [3.05, 3.63) is 18.0 Å². The van der Waals surface area contributed by atoms with Gasteiger partial charge in [-0.3, -0.25) is 4.90 Å². The van der Waals surface area contributed by atoms with E-state index in [1.165, 1.54) is 11.5 Å². The lowest BCUT2D eigenvalue weighted by Gasteiger charge is -2.36. The molecular formula is C17H26N8OS. The Morgan fingerprint density at radius 1 is 0.889 bits per heavy atom. The molecule has 4 rings (SSSR count). The standard InChI is InChI=1S/C17H26N8OS/c1-14-18-17(27-21-14)25-10-8-24(9-11-25)16-3-2-15(19-20-16)23-6-4-22(5-7-23)12-13-26/h2-3,26H,4-13H2,1H3. The first kappa shape index (κ1) is 18.3. The first-order valence-corrected chi connectivity index (χ1v) is 10.2. The number of piperazine rings is 2. The van der Waals surface area contributed by atoms with Gasteiger partial charge in [0.2, 0.25) is 5.13 Å². The Morgan fingerprint density at radius 3 is 1.93 bits per heavy atom. The predicted octanol–water partition coefficient (Wildman–Crippen LogP) is 0.0774. The van der Waals surface area contributed by atoms with Gasteiger partial charge in [0.25, 0.3) is 0 Å². The molecule has 0 aromatic carbocycles.